The third kappa shape index (κ3) is 11.1. The van der Waals surface area contributed by atoms with Crippen LogP contribution < -0.4 is 32.3 Å². The molecule has 1 aromatic carbocycles. The van der Waals surface area contributed by atoms with Crippen molar-refractivity contribution in [3.8, 4) is 0 Å². The third-order valence-electron chi connectivity index (χ3n) is 6.04. The van der Waals surface area contributed by atoms with Gasteiger partial charge in [0.25, 0.3) is 0 Å². The maximum atomic E-state index is 12.9. The average Bonchev–Trinajstić information content (AvgIpc) is 3.44. The first-order chi connectivity index (χ1) is 19.0. The standard InChI is InChI=1S/C25H34N6O9/c26-19(32)9-8-16(25(39)40)30-24(38)18(12-21(34)35)29-20(33)13-28-22(36)17(11-14-5-2-1-3-6-14)31-23(37)15-7-4-10-27-15/h1-3,5-6,15-18,27H,4,7-13H2,(H2,26,32)(H,28,36)(H,29,33)(H,30,38)(H,31,37)(H,34,35)(H,39,40)/t15-,16-,17-,18-/m0/s1. The highest BCUT2D eigenvalue weighted by Gasteiger charge is 2.30. The van der Waals surface area contributed by atoms with Crippen molar-refractivity contribution >= 4 is 41.5 Å². The highest BCUT2D eigenvalue weighted by Crippen LogP contribution is 2.08. The summed E-state index contributed by atoms with van der Waals surface area (Å²) in [7, 11) is 0. The molecule has 2 rings (SSSR count). The van der Waals surface area contributed by atoms with Gasteiger partial charge in [-0.1, -0.05) is 30.3 Å². The van der Waals surface area contributed by atoms with Gasteiger partial charge in [0.2, 0.25) is 29.5 Å². The lowest BCUT2D eigenvalue weighted by molar-refractivity contribution is -0.143. The number of carbonyl (C=O) groups excluding carboxylic acids is 5. The minimum absolute atomic E-state index is 0.138. The Morgan fingerprint density at radius 1 is 0.925 bits per heavy atom. The summed E-state index contributed by atoms with van der Waals surface area (Å²) in [5.41, 5.74) is 5.76. The van der Waals surface area contributed by atoms with Crippen molar-refractivity contribution in [3.63, 3.8) is 0 Å². The van der Waals surface area contributed by atoms with Crippen molar-refractivity contribution < 1.29 is 43.8 Å². The van der Waals surface area contributed by atoms with Crippen LogP contribution >= 0.6 is 0 Å². The molecule has 40 heavy (non-hydrogen) atoms. The fourth-order valence-corrected chi connectivity index (χ4v) is 3.98. The number of nitrogens with two attached hydrogens (primary N) is 1. The maximum Gasteiger partial charge on any atom is 0.326 e. The van der Waals surface area contributed by atoms with Gasteiger partial charge >= 0.3 is 11.9 Å². The molecule has 218 valence electrons. The summed E-state index contributed by atoms with van der Waals surface area (Å²) >= 11 is 0. The van der Waals surface area contributed by atoms with E-state index >= 15 is 0 Å². The first-order valence-electron chi connectivity index (χ1n) is 12.6. The molecule has 0 unspecified atom stereocenters. The van der Waals surface area contributed by atoms with E-state index in [2.05, 4.69) is 26.6 Å². The molecule has 0 spiro atoms. The molecule has 1 aliphatic heterocycles. The number of carboxylic acids is 2. The highest BCUT2D eigenvalue weighted by molar-refractivity contribution is 5.95. The number of primary amides is 1. The van der Waals surface area contributed by atoms with Crippen LogP contribution in [0.4, 0.5) is 0 Å². The second-order valence-corrected chi connectivity index (χ2v) is 9.24. The molecular weight excluding hydrogens is 528 g/mol. The normalized spacial score (nSPS) is 16.6. The Morgan fingerprint density at radius 2 is 1.62 bits per heavy atom. The number of rotatable bonds is 16. The van der Waals surface area contributed by atoms with Crippen molar-refractivity contribution in [2.75, 3.05) is 13.1 Å². The molecule has 1 fully saturated rings. The first kappa shape index (κ1) is 31.7. The van der Waals surface area contributed by atoms with Gasteiger partial charge in [-0.2, -0.15) is 0 Å². The van der Waals surface area contributed by atoms with E-state index in [1.54, 1.807) is 30.3 Å². The van der Waals surface area contributed by atoms with Crippen LogP contribution in [0.2, 0.25) is 0 Å². The van der Waals surface area contributed by atoms with Crippen LogP contribution in [0, 0.1) is 0 Å². The third-order valence-corrected chi connectivity index (χ3v) is 6.04. The fraction of sp³-hybridized carbons (Fsp3) is 0.480. The second kappa shape index (κ2) is 15.8. The predicted octanol–water partition coefficient (Wildman–Crippen LogP) is -2.62. The smallest absolute Gasteiger partial charge is 0.326 e. The lowest BCUT2D eigenvalue weighted by atomic mass is 10.0. The van der Waals surface area contributed by atoms with Crippen molar-refractivity contribution in [1.29, 1.82) is 0 Å². The second-order valence-electron chi connectivity index (χ2n) is 9.24. The van der Waals surface area contributed by atoms with Crippen LogP contribution in [0.25, 0.3) is 0 Å². The molecule has 9 N–H and O–H groups in total. The Bertz CT molecular complexity index is 1090. The summed E-state index contributed by atoms with van der Waals surface area (Å²) in [6, 6.07) is 4.20. The van der Waals surface area contributed by atoms with Gasteiger partial charge in [-0.15, -0.1) is 0 Å². The topological polar surface area (TPSA) is 246 Å². The van der Waals surface area contributed by atoms with Crippen LogP contribution in [0.15, 0.2) is 30.3 Å². The summed E-state index contributed by atoms with van der Waals surface area (Å²) < 4.78 is 0. The quantitative estimate of drug-likeness (QED) is 0.104. The van der Waals surface area contributed by atoms with E-state index in [0.717, 1.165) is 12.0 Å². The number of aliphatic carboxylic acids is 2. The number of hydrogen-bond acceptors (Lipinski definition) is 8. The molecule has 0 aliphatic carbocycles. The summed E-state index contributed by atoms with van der Waals surface area (Å²) in [6.45, 7) is 0.0202. The van der Waals surface area contributed by atoms with E-state index in [-0.39, 0.29) is 25.2 Å². The maximum absolute atomic E-state index is 12.9. The zero-order valence-electron chi connectivity index (χ0n) is 21.7. The summed E-state index contributed by atoms with van der Waals surface area (Å²) in [4.78, 5) is 84.3. The number of amides is 5. The van der Waals surface area contributed by atoms with Gasteiger partial charge in [0.15, 0.2) is 0 Å². The molecule has 0 radical (unpaired) electrons. The Morgan fingerprint density at radius 3 is 2.20 bits per heavy atom. The molecule has 15 heteroatoms. The molecule has 0 saturated carbocycles. The predicted molar refractivity (Wildman–Crippen MR) is 138 cm³/mol. The number of carboxylic acid groups (broad SMARTS) is 2. The van der Waals surface area contributed by atoms with Gasteiger partial charge in [-0.05, 0) is 31.4 Å². The molecule has 15 nitrogen and oxygen atoms in total. The van der Waals surface area contributed by atoms with E-state index in [9.17, 15) is 38.7 Å². The number of benzene rings is 1. The van der Waals surface area contributed by atoms with Gasteiger partial charge < -0.3 is 42.5 Å². The van der Waals surface area contributed by atoms with Gasteiger partial charge in [-0.3, -0.25) is 28.8 Å². The molecule has 5 amide bonds. The molecule has 1 heterocycles. The average molecular weight is 563 g/mol. The van der Waals surface area contributed by atoms with Crippen LogP contribution in [0.1, 0.15) is 37.7 Å². The van der Waals surface area contributed by atoms with Crippen LogP contribution in [0.3, 0.4) is 0 Å². The molecule has 0 bridgehead atoms. The Kier molecular flexibility index (Phi) is 12.5. The zero-order valence-corrected chi connectivity index (χ0v) is 21.7. The molecule has 1 saturated heterocycles. The van der Waals surface area contributed by atoms with Gasteiger partial charge in [0, 0.05) is 12.8 Å². The first-order valence-corrected chi connectivity index (χ1v) is 12.6. The molecular formula is C25H34N6O9. The Labute approximate surface area is 229 Å². The zero-order chi connectivity index (χ0) is 29.7. The number of carbonyl (C=O) groups is 7. The number of nitrogens with one attached hydrogen (secondary N) is 5. The summed E-state index contributed by atoms with van der Waals surface area (Å²) in [5, 5.41) is 30.8. The summed E-state index contributed by atoms with van der Waals surface area (Å²) in [5.74, 6) is -6.82. The van der Waals surface area contributed by atoms with E-state index in [1.165, 1.54) is 0 Å². The number of hydrogen-bond donors (Lipinski definition) is 8. The van der Waals surface area contributed by atoms with Crippen LogP contribution in [-0.2, 0) is 40.0 Å². The molecule has 0 aromatic heterocycles. The molecule has 1 aromatic rings. The Balaban J connectivity index is 2.02. The SMILES string of the molecule is NC(=O)CC[C@H](NC(=O)[C@H](CC(=O)O)NC(=O)CNC(=O)[C@H](Cc1ccccc1)NC(=O)[C@@H]1CCCN1)C(=O)O. The molecule has 1 aliphatic rings. The van der Waals surface area contributed by atoms with Gasteiger partial charge in [-0.25, -0.2) is 4.79 Å². The van der Waals surface area contributed by atoms with E-state index < -0.39 is 72.7 Å². The van der Waals surface area contributed by atoms with Crippen LogP contribution in [0.5, 0.6) is 0 Å². The van der Waals surface area contributed by atoms with Gasteiger partial charge in [0.05, 0.1) is 19.0 Å². The van der Waals surface area contributed by atoms with Crippen molar-refractivity contribution in [2.45, 2.75) is 62.7 Å². The molecule has 4 atom stereocenters. The monoisotopic (exact) mass is 562 g/mol. The van der Waals surface area contributed by atoms with Gasteiger partial charge in [0.1, 0.15) is 18.1 Å². The van der Waals surface area contributed by atoms with E-state index in [4.69, 9.17) is 10.8 Å². The fourth-order valence-electron chi connectivity index (χ4n) is 3.98. The van der Waals surface area contributed by atoms with Crippen molar-refractivity contribution in [3.05, 3.63) is 35.9 Å². The van der Waals surface area contributed by atoms with E-state index in [1.807, 2.05) is 0 Å². The minimum atomic E-state index is -1.68. The highest BCUT2D eigenvalue weighted by atomic mass is 16.4. The Hall–Kier alpha value is -4.53. The largest absolute Gasteiger partial charge is 0.481 e. The summed E-state index contributed by atoms with van der Waals surface area (Å²) in [6.07, 6.45) is -0.00127. The minimum Gasteiger partial charge on any atom is -0.481 e. The van der Waals surface area contributed by atoms with Crippen LogP contribution in [-0.4, -0.2) is 88.9 Å². The van der Waals surface area contributed by atoms with Crippen molar-refractivity contribution in [1.82, 2.24) is 26.6 Å². The lowest BCUT2D eigenvalue weighted by Crippen LogP contribution is -2.55. The van der Waals surface area contributed by atoms with E-state index in [0.29, 0.717) is 13.0 Å². The lowest BCUT2D eigenvalue weighted by Gasteiger charge is -2.22. The van der Waals surface area contributed by atoms with Crippen molar-refractivity contribution in [2.24, 2.45) is 5.73 Å².